The second-order valence-corrected chi connectivity index (χ2v) is 6.08. The number of amides is 1. The van der Waals surface area contributed by atoms with E-state index in [0.717, 1.165) is 38.6 Å². The smallest absolute Gasteiger partial charge is 0.226 e. The summed E-state index contributed by atoms with van der Waals surface area (Å²) in [6.07, 6.45) is 0.456. The molecule has 0 atom stereocenters. The maximum Gasteiger partial charge on any atom is 0.226 e. The van der Waals surface area contributed by atoms with E-state index in [4.69, 9.17) is 9.26 Å². The molecule has 1 amide bonds. The molecular weight excluding hydrogens is 258 g/mol. The lowest BCUT2D eigenvalue weighted by molar-refractivity contribution is -0.116. The van der Waals surface area contributed by atoms with Crippen molar-refractivity contribution in [3.05, 3.63) is 11.8 Å². The highest BCUT2D eigenvalue weighted by molar-refractivity contribution is 5.89. The molecule has 1 aromatic rings. The third kappa shape index (κ3) is 4.31. The van der Waals surface area contributed by atoms with Gasteiger partial charge in [-0.05, 0) is 0 Å². The summed E-state index contributed by atoms with van der Waals surface area (Å²) < 4.78 is 10.5. The molecule has 1 fully saturated rings. The number of morpholine rings is 1. The van der Waals surface area contributed by atoms with Crippen LogP contribution in [0.3, 0.4) is 0 Å². The van der Waals surface area contributed by atoms with Crippen LogP contribution in [0, 0.1) is 0 Å². The fourth-order valence-electron chi connectivity index (χ4n) is 1.98. The van der Waals surface area contributed by atoms with Crippen molar-refractivity contribution >= 4 is 11.7 Å². The van der Waals surface area contributed by atoms with Gasteiger partial charge in [-0.25, -0.2) is 0 Å². The lowest BCUT2D eigenvalue weighted by atomic mass is 9.93. The Balaban J connectivity index is 1.77. The largest absolute Gasteiger partial charge is 0.379 e. The molecule has 112 valence electrons. The number of carbonyl (C=O) groups excluding carboxylic acids is 1. The van der Waals surface area contributed by atoms with Crippen LogP contribution in [-0.4, -0.2) is 48.8 Å². The fraction of sp³-hybridized carbons (Fsp3) is 0.714. The van der Waals surface area contributed by atoms with Gasteiger partial charge in [-0.1, -0.05) is 25.9 Å². The number of aromatic nitrogens is 1. The predicted molar refractivity (Wildman–Crippen MR) is 75.7 cm³/mol. The van der Waals surface area contributed by atoms with Gasteiger partial charge < -0.3 is 14.6 Å². The van der Waals surface area contributed by atoms with Gasteiger partial charge in [-0.2, -0.15) is 0 Å². The summed E-state index contributed by atoms with van der Waals surface area (Å²) in [5.41, 5.74) is -0.107. The van der Waals surface area contributed by atoms with Crippen molar-refractivity contribution in [1.82, 2.24) is 10.1 Å². The highest BCUT2D eigenvalue weighted by atomic mass is 16.5. The van der Waals surface area contributed by atoms with Gasteiger partial charge in [0.05, 0.1) is 13.2 Å². The molecule has 1 N–H and O–H groups in total. The zero-order valence-electron chi connectivity index (χ0n) is 12.4. The van der Waals surface area contributed by atoms with Crippen molar-refractivity contribution in [2.75, 3.05) is 38.2 Å². The van der Waals surface area contributed by atoms with Crippen LogP contribution in [0.15, 0.2) is 10.6 Å². The van der Waals surface area contributed by atoms with Crippen molar-refractivity contribution < 1.29 is 14.1 Å². The molecule has 0 unspecified atom stereocenters. The van der Waals surface area contributed by atoms with Crippen molar-refractivity contribution in [3.63, 3.8) is 0 Å². The molecule has 0 bridgehead atoms. The topological polar surface area (TPSA) is 67.6 Å². The second kappa shape index (κ2) is 6.37. The van der Waals surface area contributed by atoms with Gasteiger partial charge in [0, 0.05) is 37.5 Å². The van der Waals surface area contributed by atoms with E-state index in [1.54, 1.807) is 6.07 Å². The number of hydrogen-bond acceptors (Lipinski definition) is 5. The monoisotopic (exact) mass is 281 g/mol. The fourth-order valence-corrected chi connectivity index (χ4v) is 1.98. The first-order valence-electron chi connectivity index (χ1n) is 7.02. The van der Waals surface area contributed by atoms with Crippen molar-refractivity contribution in [1.29, 1.82) is 0 Å². The highest BCUT2D eigenvalue weighted by Gasteiger charge is 2.20. The number of nitrogens with one attached hydrogen (secondary N) is 1. The Morgan fingerprint density at radius 2 is 2.10 bits per heavy atom. The molecule has 0 aromatic carbocycles. The molecule has 1 aliphatic rings. The third-order valence-electron chi connectivity index (χ3n) is 3.28. The number of ether oxygens (including phenoxy) is 1. The van der Waals surface area contributed by atoms with Crippen LogP contribution >= 0.6 is 0 Å². The SMILES string of the molecule is CC(C)(C)c1cc(NC(=O)CCN2CCOCC2)no1. The normalized spacial score (nSPS) is 17.1. The minimum atomic E-state index is -0.107. The van der Waals surface area contributed by atoms with E-state index in [2.05, 4.69) is 15.4 Å². The zero-order valence-corrected chi connectivity index (χ0v) is 12.4. The quantitative estimate of drug-likeness (QED) is 0.908. The Bertz CT molecular complexity index is 445. The van der Waals surface area contributed by atoms with Crippen LogP contribution in [0.2, 0.25) is 0 Å². The molecule has 0 radical (unpaired) electrons. The molecule has 1 saturated heterocycles. The van der Waals surface area contributed by atoms with E-state index < -0.39 is 0 Å². The Labute approximate surface area is 119 Å². The molecule has 1 aromatic heterocycles. The third-order valence-corrected chi connectivity index (χ3v) is 3.28. The number of nitrogens with zero attached hydrogens (tertiary/aromatic N) is 2. The zero-order chi connectivity index (χ0) is 14.6. The van der Waals surface area contributed by atoms with Crippen molar-refractivity contribution in [3.8, 4) is 0 Å². The van der Waals surface area contributed by atoms with Crippen LogP contribution in [0.25, 0.3) is 0 Å². The lowest BCUT2D eigenvalue weighted by Gasteiger charge is -2.26. The summed E-state index contributed by atoms with van der Waals surface area (Å²) in [4.78, 5) is 14.1. The number of rotatable bonds is 4. The second-order valence-electron chi connectivity index (χ2n) is 6.08. The van der Waals surface area contributed by atoms with Crippen LogP contribution < -0.4 is 5.32 Å². The number of hydrogen-bond donors (Lipinski definition) is 1. The van der Waals surface area contributed by atoms with E-state index in [1.165, 1.54) is 0 Å². The summed E-state index contributed by atoms with van der Waals surface area (Å²) >= 11 is 0. The van der Waals surface area contributed by atoms with E-state index >= 15 is 0 Å². The minimum absolute atomic E-state index is 0.0368. The molecule has 6 nitrogen and oxygen atoms in total. The molecule has 0 saturated carbocycles. The standard InChI is InChI=1S/C14H23N3O3/c1-14(2,3)11-10-12(16-20-11)15-13(18)4-5-17-6-8-19-9-7-17/h10H,4-9H2,1-3H3,(H,15,16,18). The van der Waals surface area contributed by atoms with Gasteiger partial charge in [0.1, 0.15) is 5.76 Å². The molecule has 0 spiro atoms. The Hall–Kier alpha value is -1.40. The van der Waals surface area contributed by atoms with E-state index in [0.29, 0.717) is 12.2 Å². The lowest BCUT2D eigenvalue weighted by Crippen LogP contribution is -2.38. The summed E-state index contributed by atoms with van der Waals surface area (Å²) in [6.45, 7) is 10.2. The minimum Gasteiger partial charge on any atom is -0.379 e. The number of anilines is 1. The van der Waals surface area contributed by atoms with Gasteiger partial charge in [-0.15, -0.1) is 0 Å². The summed E-state index contributed by atoms with van der Waals surface area (Å²) in [5.74, 6) is 1.22. The van der Waals surface area contributed by atoms with Crippen molar-refractivity contribution in [2.45, 2.75) is 32.6 Å². The van der Waals surface area contributed by atoms with E-state index in [-0.39, 0.29) is 11.3 Å². The first kappa shape index (κ1) is 15.0. The summed E-state index contributed by atoms with van der Waals surface area (Å²) in [6, 6.07) is 1.78. The maximum atomic E-state index is 11.9. The average molecular weight is 281 g/mol. The first-order valence-corrected chi connectivity index (χ1v) is 7.02. The van der Waals surface area contributed by atoms with Gasteiger partial charge in [0.25, 0.3) is 0 Å². The Morgan fingerprint density at radius 3 is 2.70 bits per heavy atom. The van der Waals surface area contributed by atoms with Gasteiger partial charge in [0.2, 0.25) is 5.91 Å². The van der Waals surface area contributed by atoms with Crippen LogP contribution in [0.1, 0.15) is 33.0 Å². The molecule has 2 rings (SSSR count). The average Bonchev–Trinajstić information content (AvgIpc) is 2.86. The Morgan fingerprint density at radius 1 is 1.40 bits per heavy atom. The molecule has 20 heavy (non-hydrogen) atoms. The first-order chi connectivity index (χ1) is 9.45. The molecule has 6 heteroatoms. The summed E-state index contributed by atoms with van der Waals surface area (Å²) in [7, 11) is 0. The van der Waals surface area contributed by atoms with E-state index in [9.17, 15) is 4.79 Å². The maximum absolute atomic E-state index is 11.9. The van der Waals surface area contributed by atoms with Gasteiger partial charge >= 0.3 is 0 Å². The predicted octanol–water partition coefficient (Wildman–Crippen LogP) is 1.63. The molecular formula is C14H23N3O3. The summed E-state index contributed by atoms with van der Waals surface area (Å²) in [5, 5.41) is 6.65. The van der Waals surface area contributed by atoms with E-state index in [1.807, 2.05) is 20.8 Å². The van der Waals surface area contributed by atoms with Crippen LogP contribution in [0.4, 0.5) is 5.82 Å². The molecule has 0 aliphatic carbocycles. The van der Waals surface area contributed by atoms with Crippen molar-refractivity contribution in [2.24, 2.45) is 0 Å². The molecule has 1 aliphatic heterocycles. The van der Waals surface area contributed by atoms with Gasteiger partial charge in [0.15, 0.2) is 5.82 Å². The molecule has 2 heterocycles. The number of carbonyl (C=O) groups is 1. The van der Waals surface area contributed by atoms with Crippen LogP contribution in [-0.2, 0) is 14.9 Å². The van der Waals surface area contributed by atoms with Crippen LogP contribution in [0.5, 0.6) is 0 Å². The van der Waals surface area contributed by atoms with Gasteiger partial charge in [-0.3, -0.25) is 9.69 Å². The highest BCUT2D eigenvalue weighted by Crippen LogP contribution is 2.24. The Kier molecular flexibility index (Phi) is 4.77.